The standard InChI is InChI=1S/C31H40N2O6/c1-29-13-10-22(34)17-20(29)6-7-23-24(29)11-14-30(2)25(23)12-15-31(30,38)26(35)19-39-28(37)9-8-27(36)33-18-21-5-3-4-16-32-21/h3-5,16-17,23-25,38H,6-15,18-19H2,1-2H3,(H,33,36)/t23-,24+,25+,29-,30-,31+/m0/s1. The van der Waals surface area contributed by atoms with E-state index in [0.717, 1.165) is 44.2 Å². The number of aliphatic hydroxyl groups is 1. The monoisotopic (exact) mass is 536 g/mol. The van der Waals surface area contributed by atoms with Gasteiger partial charge in [0.25, 0.3) is 0 Å². The van der Waals surface area contributed by atoms with Crippen LogP contribution in [0.25, 0.3) is 0 Å². The van der Waals surface area contributed by atoms with Crippen molar-refractivity contribution in [2.45, 2.75) is 90.2 Å². The number of carbonyl (C=O) groups is 4. The lowest BCUT2D eigenvalue weighted by Gasteiger charge is -2.58. The van der Waals surface area contributed by atoms with Gasteiger partial charge >= 0.3 is 5.97 Å². The van der Waals surface area contributed by atoms with Gasteiger partial charge in [-0.3, -0.25) is 24.2 Å². The summed E-state index contributed by atoms with van der Waals surface area (Å²) in [4.78, 5) is 54.0. The third-order valence-corrected chi connectivity index (χ3v) is 10.7. The molecule has 2 N–H and O–H groups in total. The van der Waals surface area contributed by atoms with Crippen LogP contribution in [0.1, 0.15) is 83.7 Å². The molecule has 39 heavy (non-hydrogen) atoms. The summed E-state index contributed by atoms with van der Waals surface area (Å²) in [6.45, 7) is 4.16. The number of nitrogens with one attached hydrogen (secondary N) is 1. The number of hydrogen-bond acceptors (Lipinski definition) is 7. The van der Waals surface area contributed by atoms with E-state index in [2.05, 4.69) is 17.2 Å². The molecule has 3 saturated carbocycles. The van der Waals surface area contributed by atoms with Gasteiger partial charge in [0.15, 0.2) is 12.4 Å². The van der Waals surface area contributed by atoms with Crippen molar-refractivity contribution in [2.75, 3.05) is 6.61 Å². The van der Waals surface area contributed by atoms with Gasteiger partial charge in [-0.15, -0.1) is 0 Å². The van der Waals surface area contributed by atoms with Gasteiger partial charge in [0, 0.05) is 24.5 Å². The van der Waals surface area contributed by atoms with Crippen LogP contribution in [0.15, 0.2) is 36.0 Å². The molecular weight excluding hydrogens is 496 g/mol. The first-order valence-corrected chi connectivity index (χ1v) is 14.4. The highest BCUT2D eigenvalue weighted by molar-refractivity contribution is 5.92. The van der Waals surface area contributed by atoms with Gasteiger partial charge < -0.3 is 15.2 Å². The minimum absolute atomic E-state index is 0.0301. The normalized spacial score (nSPS) is 35.2. The molecule has 1 amide bonds. The number of ether oxygens (including phenoxy) is 1. The molecule has 1 aromatic heterocycles. The SMILES string of the molecule is C[C@]12CCC(=O)C=C1CC[C@H]1[C@H]2CC[C@@]2(C)[C@@H]1CC[C@@]2(O)C(=O)COC(=O)CCC(=O)NCc1ccccn1. The predicted octanol–water partition coefficient (Wildman–Crippen LogP) is 3.85. The van der Waals surface area contributed by atoms with E-state index in [0.29, 0.717) is 24.7 Å². The zero-order valence-corrected chi connectivity index (χ0v) is 23.0. The molecule has 4 aliphatic rings. The van der Waals surface area contributed by atoms with Gasteiger partial charge in [0.1, 0.15) is 5.60 Å². The maximum atomic E-state index is 13.4. The number of Topliss-reactive ketones (excluding diaryl/α,β-unsaturated/α-hetero) is 1. The van der Waals surface area contributed by atoms with Gasteiger partial charge in [-0.1, -0.05) is 25.5 Å². The van der Waals surface area contributed by atoms with E-state index in [1.54, 1.807) is 18.3 Å². The molecule has 1 heterocycles. The zero-order chi connectivity index (χ0) is 27.8. The minimum atomic E-state index is -1.53. The molecule has 0 saturated heterocycles. The number of rotatable bonds is 8. The molecule has 0 bridgehead atoms. The molecule has 0 radical (unpaired) electrons. The Balaban J connectivity index is 1.15. The summed E-state index contributed by atoms with van der Waals surface area (Å²) in [6.07, 6.45) is 9.55. The highest BCUT2D eigenvalue weighted by atomic mass is 16.5. The van der Waals surface area contributed by atoms with Gasteiger partial charge in [-0.25, -0.2) is 0 Å². The first-order valence-electron chi connectivity index (χ1n) is 14.4. The van der Waals surface area contributed by atoms with E-state index < -0.39 is 29.4 Å². The number of ketones is 2. The molecule has 1 aromatic rings. The molecule has 0 aliphatic heterocycles. The highest BCUT2D eigenvalue weighted by Crippen LogP contribution is 2.67. The van der Waals surface area contributed by atoms with Gasteiger partial charge in [0.05, 0.1) is 18.7 Å². The second-order valence-corrected chi connectivity index (χ2v) is 12.5. The predicted molar refractivity (Wildman–Crippen MR) is 143 cm³/mol. The molecule has 4 aliphatic carbocycles. The van der Waals surface area contributed by atoms with E-state index in [-0.39, 0.29) is 42.4 Å². The summed E-state index contributed by atoms with van der Waals surface area (Å²) in [6, 6.07) is 5.42. The van der Waals surface area contributed by atoms with E-state index in [1.807, 2.05) is 19.1 Å². The van der Waals surface area contributed by atoms with Crippen LogP contribution in [-0.4, -0.2) is 45.7 Å². The smallest absolute Gasteiger partial charge is 0.306 e. The van der Waals surface area contributed by atoms with Crippen molar-refractivity contribution in [1.29, 1.82) is 0 Å². The number of hydrogen-bond donors (Lipinski definition) is 2. The van der Waals surface area contributed by atoms with Crippen LogP contribution in [-0.2, 0) is 30.5 Å². The van der Waals surface area contributed by atoms with E-state index in [4.69, 9.17) is 4.74 Å². The Morgan fingerprint density at radius 2 is 1.85 bits per heavy atom. The molecule has 8 nitrogen and oxygen atoms in total. The summed E-state index contributed by atoms with van der Waals surface area (Å²) >= 11 is 0. The fourth-order valence-electron chi connectivity index (χ4n) is 8.37. The summed E-state index contributed by atoms with van der Waals surface area (Å²) < 4.78 is 5.24. The number of aromatic nitrogens is 1. The summed E-state index contributed by atoms with van der Waals surface area (Å²) in [5, 5.41) is 14.5. The fraction of sp³-hybridized carbons (Fsp3) is 0.645. The van der Waals surface area contributed by atoms with Crippen molar-refractivity contribution >= 4 is 23.4 Å². The largest absolute Gasteiger partial charge is 0.458 e. The van der Waals surface area contributed by atoms with E-state index in [1.165, 1.54) is 5.57 Å². The molecule has 3 fully saturated rings. The second kappa shape index (κ2) is 10.6. The number of pyridine rings is 1. The number of carbonyl (C=O) groups excluding carboxylic acids is 4. The number of esters is 1. The second-order valence-electron chi connectivity index (χ2n) is 12.5. The molecule has 0 spiro atoms. The van der Waals surface area contributed by atoms with Gasteiger partial charge in [-0.05, 0) is 86.3 Å². The minimum Gasteiger partial charge on any atom is -0.458 e. The third kappa shape index (κ3) is 4.96. The lowest BCUT2D eigenvalue weighted by atomic mass is 9.46. The summed E-state index contributed by atoms with van der Waals surface area (Å²) in [7, 11) is 0. The van der Waals surface area contributed by atoms with Crippen molar-refractivity contribution in [3.63, 3.8) is 0 Å². The Bertz CT molecular complexity index is 1180. The van der Waals surface area contributed by atoms with Crippen molar-refractivity contribution in [3.8, 4) is 0 Å². The summed E-state index contributed by atoms with van der Waals surface area (Å²) in [5.41, 5.74) is -0.0429. The zero-order valence-electron chi connectivity index (χ0n) is 23.0. The van der Waals surface area contributed by atoms with Crippen molar-refractivity contribution in [3.05, 3.63) is 41.7 Å². The van der Waals surface area contributed by atoms with Crippen molar-refractivity contribution in [2.24, 2.45) is 28.6 Å². The molecule has 8 heteroatoms. The topological polar surface area (TPSA) is 123 Å². The number of fused-ring (bicyclic) bond motifs is 5. The molecule has 0 unspecified atom stereocenters. The average Bonchev–Trinajstić information content (AvgIpc) is 3.21. The Morgan fingerprint density at radius 1 is 1.05 bits per heavy atom. The Labute approximate surface area is 230 Å². The highest BCUT2D eigenvalue weighted by Gasteiger charge is 2.66. The Kier molecular flexibility index (Phi) is 7.53. The van der Waals surface area contributed by atoms with Crippen LogP contribution in [0.2, 0.25) is 0 Å². The van der Waals surface area contributed by atoms with Crippen molar-refractivity contribution in [1.82, 2.24) is 10.3 Å². The first-order chi connectivity index (χ1) is 18.6. The number of nitrogens with zero attached hydrogens (tertiary/aromatic N) is 1. The van der Waals surface area contributed by atoms with Crippen LogP contribution in [0, 0.1) is 28.6 Å². The Hall–Kier alpha value is -2.87. The lowest BCUT2D eigenvalue weighted by molar-refractivity contribution is -0.170. The maximum Gasteiger partial charge on any atom is 0.306 e. The molecule has 0 aromatic carbocycles. The van der Waals surface area contributed by atoms with Crippen LogP contribution in [0.3, 0.4) is 0 Å². The van der Waals surface area contributed by atoms with Gasteiger partial charge in [0.2, 0.25) is 11.7 Å². The van der Waals surface area contributed by atoms with Gasteiger partial charge in [-0.2, -0.15) is 0 Å². The summed E-state index contributed by atoms with van der Waals surface area (Å²) in [5.74, 6) is -0.0379. The quantitative estimate of drug-likeness (QED) is 0.484. The lowest BCUT2D eigenvalue weighted by Crippen LogP contribution is -2.58. The number of allylic oxidation sites excluding steroid dienone is 1. The van der Waals surface area contributed by atoms with Crippen molar-refractivity contribution < 1.29 is 29.0 Å². The maximum absolute atomic E-state index is 13.4. The number of amides is 1. The third-order valence-electron chi connectivity index (χ3n) is 10.7. The Morgan fingerprint density at radius 3 is 2.62 bits per heavy atom. The van der Waals surface area contributed by atoms with Crippen LogP contribution in [0.4, 0.5) is 0 Å². The fourth-order valence-corrected chi connectivity index (χ4v) is 8.37. The van der Waals surface area contributed by atoms with E-state index >= 15 is 0 Å². The van der Waals surface area contributed by atoms with Crippen LogP contribution >= 0.6 is 0 Å². The van der Waals surface area contributed by atoms with Crippen LogP contribution in [0.5, 0.6) is 0 Å². The molecular formula is C31H40N2O6. The van der Waals surface area contributed by atoms with Crippen LogP contribution < -0.4 is 5.32 Å². The molecule has 5 rings (SSSR count). The van der Waals surface area contributed by atoms with E-state index in [9.17, 15) is 24.3 Å². The molecule has 210 valence electrons. The first kappa shape index (κ1) is 27.7. The average molecular weight is 537 g/mol. The molecule has 6 atom stereocenters.